The zero-order chi connectivity index (χ0) is 15.7. The Bertz CT molecular complexity index is 944. The third-order valence-corrected chi connectivity index (χ3v) is 4.51. The standard InChI is InChI=1S/C18H14N2OS/c1-11-4-3-5-13(8-11)14-9-16(17-7-6-12(2)22-17)20-18(21)15(14)10-19/h3-9H,1-2H3,(H,20,21). The first-order valence-electron chi connectivity index (χ1n) is 6.90. The fourth-order valence-corrected chi connectivity index (χ4v) is 3.26. The first-order valence-corrected chi connectivity index (χ1v) is 7.71. The number of pyridine rings is 1. The third-order valence-electron chi connectivity index (χ3n) is 3.48. The molecule has 3 aromatic rings. The van der Waals surface area contributed by atoms with Crippen molar-refractivity contribution < 1.29 is 0 Å². The Hall–Kier alpha value is -2.64. The van der Waals surface area contributed by atoms with Crippen molar-refractivity contribution in [2.24, 2.45) is 0 Å². The molecule has 2 aromatic heterocycles. The lowest BCUT2D eigenvalue weighted by Crippen LogP contribution is -2.12. The van der Waals surface area contributed by atoms with Crippen LogP contribution in [0.1, 0.15) is 16.0 Å². The lowest BCUT2D eigenvalue weighted by atomic mass is 9.99. The molecular weight excluding hydrogens is 292 g/mol. The summed E-state index contributed by atoms with van der Waals surface area (Å²) in [6.07, 6.45) is 0. The highest BCUT2D eigenvalue weighted by Crippen LogP contribution is 2.30. The quantitative estimate of drug-likeness (QED) is 0.769. The number of nitrogens with zero attached hydrogens (tertiary/aromatic N) is 1. The predicted octanol–water partition coefficient (Wildman–Crippen LogP) is 4.26. The van der Waals surface area contributed by atoms with Crippen molar-refractivity contribution in [3.8, 4) is 27.8 Å². The molecule has 2 heterocycles. The molecule has 22 heavy (non-hydrogen) atoms. The predicted molar refractivity (Wildman–Crippen MR) is 90.0 cm³/mol. The van der Waals surface area contributed by atoms with Crippen LogP contribution in [0.5, 0.6) is 0 Å². The van der Waals surface area contributed by atoms with E-state index in [-0.39, 0.29) is 11.1 Å². The van der Waals surface area contributed by atoms with Gasteiger partial charge in [0.1, 0.15) is 11.6 Å². The number of aromatic amines is 1. The van der Waals surface area contributed by atoms with Crippen LogP contribution in [0.25, 0.3) is 21.7 Å². The Kier molecular flexibility index (Phi) is 3.66. The topological polar surface area (TPSA) is 56.6 Å². The molecule has 0 bridgehead atoms. The molecule has 108 valence electrons. The van der Waals surface area contributed by atoms with Gasteiger partial charge in [0.05, 0.1) is 10.6 Å². The Morgan fingerprint density at radius 3 is 2.59 bits per heavy atom. The number of rotatable bonds is 2. The van der Waals surface area contributed by atoms with Gasteiger partial charge in [-0.3, -0.25) is 4.79 Å². The van der Waals surface area contributed by atoms with Crippen LogP contribution in [0.4, 0.5) is 0 Å². The van der Waals surface area contributed by atoms with Gasteiger partial charge in [-0.2, -0.15) is 5.26 Å². The monoisotopic (exact) mass is 306 g/mol. The molecule has 0 aliphatic carbocycles. The Morgan fingerprint density at radius 2 is 1.95 bits per heavy atom. The SMILES string of the molecule is Cc1cccc(-c2cc(-c3ccc(C)s3)[nH]c(=O)c2C#N)c1. The van der Waals surface area contributed by atoms with E-state index >= 15 is 0 Å². The average molecular weight is 306 g/mol. The number of benzene rings is 1. The normalized spacial score (nSPS) is 10.4. The number of aromatic nitrogens is 1. The van der Waals surface area contributed by atoms with E-state index < -0.39 is 0 Å². The van der Waals surface area contributed by atoms with Crippen LogP contribution in [0.2, 0.25) is 0 Å². The van der Waals surface area contributed by atoms with Gasteiger partial charge in [0, 0.05) is 10.4 Å². The van der Waals surface area contributed by atoms with Crippen LogP contribution in [-0.2, 0) is 0 Å². The largest absolute Gasteiger partial charge is 0.320 e. The zero-order valence-electron chi connectivity index (χ0n) is 12.3. The molecule has 0 unspecified atom stereocenters. The summed E-state index contributed by atoms with van der Waals surface area (Å²) in [6.45, 7) is 4.02. The second-order valence-electron chi connectivity index (χ2n) is 5.19. The fourth-order valence-electron chi connectivity index (χ4n) is 2.42. The summed E-state index contributed by atoms with van der Waals surface area (Å²) in [5, 5.41) is 9.33. The van der Waals surface area contributed by atoms with E-state index in [1.165, 1.54) is 4.88 Å². The molecule has 0 saturated heterocycles. The van der Waals surface area contributed by atoms with Crippen molar-refractivity contribution in [2.45, 2.75) is 13.8 Å². The van der Waals surface area contributed by atoms with Crippen molar-refractivity contribution in [1.82, 2.24) is 4.98 Å². The number of nitriles is 1. The molecule has 1 aromatic carbocycles. The summed E-state index contributed by atoms with van der Waals surface area (Å²) in [5.41, 5.74) is 3.21. The summed E-state index contributed by atoms with van der Waals surface area (Å²) in [7, 11) is 0. The number of H-pyrrole nitrogens is 1. The van der Waals surface area contributed by atoms with Crippen LogP contribution in [0.15, 0.2) is 47.3 Å². The Morgan fingerprint density at radius 1 is 1.14 bits per heavy atom. The Labute approximate surface area is 132 Å². The number of hydrogen-bond acceptors (Lipinski definition) is 3. The van der Waals surface area contributed by atoms with Gasteiger partial charge >= 0.3 is 0 Å². The van der Waals surface area contributed by atoms with E-state index in [1.807, 2.05) is 62.4 Å². The van der Waals surface area contributed by atoms with E-state index in [0.29, 0.717) is 5.56 Å². The molecule has 4 heteroatoms. The third kappa shape index (κ3) is 2.59. The molecule has 3 rings (SSSR count). The molecule has 0 aliphatic heterocycles. The van der Waals surface area contributed by atoms with Gasteiger partial charge in [0.15, 0.2) is 0 Å². The average Bonchev–Trinajstić information content (AvgIpc) is 2.93. The summed E-state index contributed by atoms with van der Waals surface area (Å²) in [5.74, 6) is 0. The van der Waals surface area contributed by atoms with Crippen molar-refractivity contribution in [3.63, 3.8) is 0 Å². The molecule has 3 nitrogen and oxygen atoms in total. The summed E-state index contributed by atoms with van der Waals surface area (Å²) >= 11 is 1.62. The van der Waals surface area contributed by atoms with E-state index in [1.54, 1.807) is 11.3 Å². The van der Waals surface area contributed by atoms with Crippen LogP contribution in [0, 0.1) is 25.2 Å². The number of nitrogens with one attached hydrogen (secondary N) is 1. The molecule has 0 spiro atoms. The van der Waals surface area contributed by atoms with Crippen LogP contribution in [0.3, 0.4) is 0 Å². The second-order valence-corrected chi connectivity index (χ2v) is 6.48. The van der Waals surface area contributed by atoms with E-state index in [9.17, 15) is 10.1 Å². The smallest absolute Gasteiger partial charge is 0.266 e. The molecule has 0 fully saturated rings. The molecule has 0 amide bonds. The molecular formula is C18H14N2OS. The lowest BCUT2D eigenvalue weighted by molar-refractivity contribution is 1.22. The first kappa shape index (κ1) is 14.3. The lowest BCUT2D eigenvalue weighted by Gasteiger charge is -2.07. The van der Waals surface area contributed by atoms with E-state index in [2.05, 4.69) is 4.98 Å². The Balaban J connectivity index is 2.26. The number of aryl methyl sites for hydroxylation is 2. The number of hydrogen-bond donors (Lipinski definition) is 1. The summed E-state index contributed by atoms with van der Waals surface area (Å²) in [4.78, 5) is 17.2. The van der Waals surface area contributed by atoms with Crippen LogP contribution < -0.4 is 5.56 Å². The van der Waals surface area contributed by atoms with Gasteiger partial charge in [0.25, 0.3) is 5.56 Å². The maximum atomic E-state index is 12.3. The van der Waals surface area contributed by atoms with Gasteiger partial charge in [-0.1, -0.05) is 29.8 Å². The van der Waals surface area contributed by atoms with Gasteiger partial charge in [-0.05, 0) is 37.6 Å². The van der Waals surface area contributed by atoms with Crippen molar-refractivity contribution in [1.29, 1.82) is 5.26 Å². The van der Waals surface area contributed by atoms with E-state index in [0.717, 1.165) is 21.7 Å². The van der Waals surface area contributed by atoms with E-state index in [4.69, 9.17) is 0 Å². The summed E-state index contributed by atoms with van der Waals surface area (Å²) in [6, 6.07) is 15.7. The maximum absolute atomic E-state index is 12.3. The summed E-state index contributed by atoms with van der Waals surface area (Å²) < 4.78 is 0. The molecule has 0 atom stereocenters. The molecule has 0 saturated carbocycles. The fraction of sp³-hybridized carbons (Fsp3) is 0.111. The van der Waals surface area contributed by atoms with Crippen molar-refractivity contribution >= 4 is 11.3 Å². The van der Waals surface area contributed by atoms with Crippen LogP contribution >= 0.6 is 11.3 Å². The van der Waals surface area contributed by atoms with Gasteiger partial charge in [-0.15, -0.1) is 11.3 Å². The first-order chi connectivity index (χ1) is 10.6. The van der Waals surface area contributed by atoms with Gasteiger partial charge < -0.3 is 4.98 Å². The molecule has 0 aliphatic rings. The van der Waals surface area contributed by atoms with Gasteiger partial charge in [-0.25, -0.2) is 0 Å². The van der Waals surface area contributed by atoms with Crippen molar-refractivity contribution in [3.05, 3.63) is 68.8 Å². The second kappa shape index (κ2) is 5.63. The minimum Gasteiger partial charge on any atom is -0.320 e. The van der Waals surface area contributed by atoms with Gasteiger partial charge in [0.2, 0.25) is 0 Å². The molecule has 1 N–H and O–H groups in total. The highest BCUT2D eigenvalue weighted by molar-refractivity contribution is 7.15. The maximum Gasteiger partial charge on any atom is 0.266 e. The van der Waals surface area contributed by atoms with Crippen LogP contribution in [-0.4, -0.2) is 4.98 Å². The number of thiophene rings is 1. The minimum atomic E-state index is -0.345. The zero-order valence-corrected chi connectivity index (χ0v) is 13.1. The van der Waals surface area contributed by atoms with Crippen molar-refractivity contribution in [2.75, 3.05) is 0 Å². The highest BCUT2D eigenvalue weighted by Gasteiger charge is 2.13. The highest BCUT2D eigenvalue weighted by atomic mass is 32.1. The molecule has 0 radical (unpaired) electrons. The minimum absolute atomic E-state index is 0.155.